The van der Waals surface area contributed by atoms with Crippen LogP contribution in [-0.4, -0.2) is 6.09 Å². The first-order valence-corrected chi connectivity index (χ1v) is 5.37. The van der Waals surface area contributed by atoms with Crippen LogP contribution in [0.1, 0.15) is 19.4 Å². The van der Waals surface area contributed by atoms with Crippen LogP contribution in [0.4, 0.5) is 10.5 Å². The minimum absolute atomic E-state index is 0.385. The lowest BCUT2D eigenvalue weighted by atomic mass is 9.95. The summed E-state index contributed by atoms with van der Waals surface area (Å²) in [5.41, 5.74) is 1.31. The number of amides is 1. The summed E-state index contributed by atoms with van der Waals surface area (Å²) in [4.78, 5) is 11.2. The van der Waals surface area contributed by atoms with Gasteiger partial charge in [0.25, 0.3) is 0 Å². The highest BCUT2D eigenvalue weighted by Crippen LogP contribution is 2.36. The Hall–Kier alpha value is -0.780. The third-order valence-electron chi connectivity index (χ3n) is 2.21. The van der Waals surface area contributed by atoms with Crippen molar-refractivity contribution in [3.63, 3.8) is 0 Å². The minimum Gasteiger partial charge on any atom is -0.438 e. The van der Waals surface area contributed by atoms with Crippen molar-refractivity contribution in [2.75, 3.05) is 5.32 Å². The SMILES string of the molecule is CC1(C)OC(=O)Nc2ccc(I)cc21. The Kier molecular flexibility index (Phi) is 2.17. The fourth-order valence-electron chi connectivity index (χ4n) is 1.55. The van der Waals surface area contributed by atoms with Gasteiger partial charge in [-0.3, -0.25) is 5.32 Å². The van der Waals surface area contributed by atoms with E-state index in [4.69, 9.17) is 4.74 Å². The molecule has 1 aromatic carbocycles. The molecule has 0 aromatic heterocycles. The lowest BCUT2D eigenvalue weighted by Crippen LogP contribution is -2.34. The molecule has 4 heteroatoms. The van der Waals surface area contributed by atoms with Crippen molar-refractivity contribution in [2.24, 2.45) is 0 Å². The number of hydrogen-bond acceptors (Lipinski definition) is 2. The van der Waals surface area contributed by atoms with Crippen molar-refractivity contribution in [1.29, 1.82) is 0 Å². The second-order valence-corrected chi connectivity index (χ2v) is 4.96. The van der Waals surface area contributed by atoms with Crippen LogP contribution in [0, 0.1) is 3.57 Å². The molecule has 0 saturated heterocycles. The summed E-state index contributed by atoms with van der Waals surface area (Å²) >= 11 is 2.24. The van der Waals surface area contributed by atoms with Gasteiger partial charge in [0, 0.05) is 9.13 Å². The number of carbonyl (C=O) groups is 1. The molecule has 0 radical (unpaired) electrons. The van der Waals surface area contributed by atoms with Crippen molar-refractivity contribution in [3.05, 3.63) is 27.3 Å². The molecule has 0 atom stereocenters. The van der Waals surface area contributed by atoms with E-state index in [1.807, 2.05) is 32.0 Å². The van der Waals surface area contributed by atoms with Crippen molar-refractivity contribution in [1.82, 2.24) is 0 Å². The Balaban J connectivity index is 2.58. The molecule has 1 aromatic rings. The van der Waals surface area contributed by atoms with Gasteiger partial charge in [-0.15, -0.1) is 0 Å². The van der Waals surface area contributed by atoms with Crippen LogP contribution >= 0.6 is 22.6 Å². The molecule has 0 spiro atoms. The van der Waals surface area contributed by atoms with E-state index in [-0.39, 0.29) is 6.09 Å². The summed E-state index contributed by atoms with van der Waals surface area (Å²) in [5, 5.41) is 2.68. The topological polar surface area (TPSA) is 38.3 Å². The molecule has 74 valence electrons. The first kappa shape index (κ1) is 9.76. The number of hydrogen-bond donors (Lipinski definition) is 1. The van der Waals surface area contributed by atoms with Crippen LogP contribution < -0.4 is 5.32 Å². The molecule has 1 amide bonds. The third kappa shape index (κ3) is 1.58. The molecule has 14 heavy (non-hydrogen) atoms. The Bertz CT molecular complexity index is 401. The summed E-state index contributed by atoms with van der Waals surface area (Å²) in [6.07, 6.45) is -0.385. The molecule has 0 saturated carbocycles. The number of nitrogens with one attached hydrogen (secondary N) is 1. The van der Waals surface area contributed by atoms with Crippen LogP contribution in [0.5, 0.6) is 0 Å². The zero-order chi connectivity index (χ0) is 10.3. The van der Waals surface area contributed by atoms with E-state index in [1.54, 1.807) is 0 Å². The average molecular weight is 303 g/mol. The molecule has 1 N–H and O–H groups in total. The van der Waals surface area contributed by atoms with Crippen molar-refractivity contribution < 1.29 is 9.53 Å². The molecule has 0 unspecified atom stereocenters. The fraction of sp³-hybridized carbons (Fsp3) is 0.300. The predicted molar refractivity (Wildman–Crippen MR) is 62.3 cm³/mol. The van der Waals surface area contributed by atoms with E-state index < -0.39 is 5.60 Å². The van der Waals surface area contributed by atoms with Gasteiger partial charge in [0.15, 0.2) is 0 Å². The molecule has 1 heterocycles. The van der Waals surface area contributed by atoms with Crippen LogP contribution in [0.15, 0.2) is 18.2 Å². The van der Waals surface area contributed by atoms with E-state index in [9.17, 15) is 4.79 Å². The second kappa shape index (κ2) is 3.12. The van der Waals surface area contributed by atoms with Gasteiger partial charge in [-0.2, -0.15) is 0 Å². The fourth-order valence-corrected chi connectivity index (χ4v) is 2.04. The average Bonchev–Trinajstić information content (AvgIpc) is 2.05. The number of cyclic esters (lactones) is 1. The molecular weight excluding hydrogens is 293 g/mol. The van der Waals surface area contributed by atoms with Crippen LogP contribution in [0.2, 0.25) is 0 Å². The highest BCUT2D eigenvalue weighted by Gasteiger charge is 2.33. The van der Waals surface area contributed by atoms with Gasteiger partial charge in [0.1, 0.15) is 5.60 Å². The van der Waals surface area contributed by atoms with Crippen molar-refractivity contribution in [2.45, 2.75) is 19.4 Å². The van der Waals surface area contributed by atoms with Gasteiger partial charge in [-0.1, -0.05) is 0 Å². The van der Waals surface area contributed by atoms with Gasteiger partial charge in [0.05, 0.1) is 5.69 Å². The van der Waals surface area contributed by atoms with Crippen molar-refractivity contribution in [3.8, 4) is 0 Å². The maximum Gasteiger partial charge on any atom is 0.412 e. The molecule has 0 bridgehead atoms. The number of rotatable bonds is 0. The van der Waals surface area contributed by atoms with Crippen molar-refractivity contribution >= 4 is 34.4 Å². The smallest absolute Gasteiger partial charge is 0.412 e. The largest absolute Gasteiger partial charge is 0.438 e. The minimum atomic E-state index is -0.543. The van der Waals surface area contributed by atoms with Gasteiger partial charge in [-0.25, -0.2) is 4.79 Å². The summed E-state index contributed by atoms with van der Waals surface area (Å²) in [7, 11) is 0. The van der Waals surface area contributed by atoms with E-state index >= 15 is 0 Å². The molecule has 2 rings (SSSR count). The van der Waals surface area contributed by atoms with E-state index in [0.29, 0.717) is 0 Å². The second-order valence-electron chi connectivity index (χ2n) is 3.71. The number of halogens is 1. The normalized spacial score (nSPS) is 18.1. The molecule has 1 aliphatic rings. The summed E-state index contributed by atoms with van der Waals surface area (Å²) < 4.78 is 6.34. The Morgan fingerprint density at radius 1 is 1.43 bits per heavy atom. The lowest BCUT2D eigenvalue weighted by Gasteiger charge is -2.32. The molecule has 1 aliphatic heterocycles. The van der Waals surface area contributed by atoms with E-state index in [2.05, 4.69) is 27.9 Å². The summed E-state index contributed by atoms with van der Waals surface area (Å²) in [6.45, 7) is 3.78. The Labute approximate surface area is 96.0 Å². The predicted octanol–water partition coefficient (Wildman–Crippen LogP) is 3.09. The van der Waals surface area contributed by atoms with Gasteiger partial charge in [0.2, 0.25) is 0 Å². The highest BCUT2D eigenvalue weighted by atomic mass is 127. The number of fused-ring (bicyclic) bond motifs is 1. The van der Waals surface area contributed by atoms with Crippen LogP contribution in [0.25, 0.3) is 0 Å². The van der Waals surface area contributed by atoms with Crippen LogP contribution in [0.3, 0.4) is 0 Å². The van der Waals surface area contributed by atoms with E-state index in [0.717, 1.165) is 14.8 Å². The maximum atomic E-state index is 11.2. The Morgan fingerprint density at radius 2 is 2.14 bits per heavy atom. The molecule has 0 aliphatic carbocycles. The quantitative estimate of drug-likeness (QED) is 0.748. The van der Waals surface area contributed by atoms with E-state index in [1.165, 1.54) is 0 Å². The molecule has 3 nitrogen and oxygen atoms in total. The number of carbonyl (C=O) groups excluding carboxylic acids is 1. The lowest BCUT2D eigenvalue weighted by molar-refractivity contribution is 0.0420. The summed E-state index contributed by atoms with van der Waals surface area (Å²) in [5.74, 6) is 0. The zero-order valence-electron chi connectivity index (χ0n) is 7.93. The van der Waals surface area contributed by atoms with Gasteiger partial charge >= 0.3 is 6.09 Å². The Morgan fingerprint density at radius 3 is 2.86 bits per heavy atom. The first-order valence-electron chi connectivity index (χ1n) is 4.29. The summed E-state index contributed by atoms with van der Waals surface area (Å²) in [6, 6.07) is 5.88. The number of benzene rings is 1. The standard InChI is InChI=1S/C10H10INO2/c1-10(2)7-5-6(11)3-4-8(7)12-9(13)14-10/h3-5H,1-2H3,(H,12,13). The zero-order valence-corrected chi connectivity index (χ0v) is 10.1. The maximum absolute atomic E-state index is 11.2. The van der Waals surface area contributed by atoms with Gasteiger partial charge < -0.3 is 4.74 Å². The molecule has 0 fully saturated rings. The third-order valence-corrected chi connectivity index (χ3v) is 2.89. The highest BCUT2D eigenvalue weighted by molar-refractivity contribution is 14.1. The van der Waals surface area contributed by atoms with Crippen LogP contribution in [-0.2, 0) is 10.3 Å². The number of anilines is 1. The number of ether oxygens (including phenoxy) is 1. The first-order chi connectivity index (χ1) is 6.49. The van der Waals surface area contributed by atoms with Gasteiger partial charge in [-0.05, 0) is 54.6 Å². The molecular formula is C10H10INO2. The monoisotopic (exact) mass is 303 g/mol.